The van der Waals surface area contributed by atoms with E-state index in [2.05, 4.69) is 5.32 Å². The van der Waals surface area contributed by atoms with E-state index in [-0.39, 0.29) is 0 Å². The molecular weight excluding hydrogens is 162 g/mol. The topological polar surface area (TPSA) is 29.1 Å². The number of rotatable bonds is 1. The first kappa shape index (κ1) is 9.20. The largest absolute Gasteiger partial charge is 0.313 e. The van der Waals surface area contributed by atoms with E-state index in [9.17, 15) is 4.79 Å². The van der Waals surface area contributed by atoms with Gasteiger partial charge in [0.15, 0.2) is 0 Å². The van der Waals surface area contributed by atoms with E-state index in [0.29, 0.717) is 17.7 Å². The molecule has 0 aromatic heterocycles. The van der Waals surface area contributed by atoms with Gasteiger partial charge in [0.25, 0.3) is 0 Å². The summed E-state index contributed by atoms with van der Waals surface area (Å²) < 4.78 is 0. The molecular formula is C11H19NO. The van der Waals surface area contributed by atoms with Crippen molar-refractivity contribution >= 4 is 5.78 Å². The van der Waals surface area contributed by atoms with Crippen LogP contribution in [-0.4, -0.2) is 18.4 Å². The SMILES string of the molecule is O=C1CCC[C@H]1[C@H]1CCCCCN1. The van der Waals surface area contributed by atoms with Crippen LogP contribution in [0.3, 0.4) is 0 Å². The maximum atomic E-state index is 11.5. The average molecular weight is 181 g/mol. The summed E-state index contributed by atoms with van der Waals surface area (Å²) >= 11 is 0. The number of carbonyl (C=O) groups is 1. The molecule has 0 spiro atoms. The lowest BCUT2D eigenvalue weighted by Crippen LogP contribution is -2.37. The number of hydrogen-bond donors (Lipinski definition) is 1. The van der Waals surface area contributed by atoms with Crippen molar-refractivity contribution in [1.29, 1.82) is 0 Å². The van der Waals surface area contributed by atoms with Gasteiger partial charge in [0.1, 0.15) is 5.78 Å². The number of hydrogen-bond acceptors (Lipinski definition) is 2. The zero-order chi connectivity index (χ0) is 9.10. The van der Waals surface area contributed by atoms with E-state index in [1.54, 1.807) is 0 Å². The standard InChI is InChI=1S/C11H19NO/c13-11-7-4-5-9(11)10-6-2-1-3-8-12-10/h9-10,12H,1-8H2/t9-,10+/m0/s1. The summed E-state index contributed by atoms with van der Waals surface area (Å²) in [5.41, 5.74) is 0. The molecule has 1 saturated heterocycles. The van der Waals surface area contributed by atoms with Gasteiger partial charge in [-0.15, -0.1) is 0 Å². The Morgan fingerprint density at radius 1 is 1.08 bits per heavy atom. The molecule has 1 aliphatic carbocycles. The Kier molecular flexibility index (Phi) is 2.99. The summed E-state index contributed by atoms with van der Waals surface area (Å²) in [7, 11) is 0. The van der Waals surface area contributed by atoms with Gasteiger partial charge < -0.3 is 5.32 Å². The normalized spacial score (nSPS) is 36.2. The fourth-order valence-electron chi connectivity index (χ4n) is 2.67. The monoisotopic (exact) mass is 181 g/mol. The molecule has 2 rings (SSSR count). The molecule has 2 atom stereocenters. The van der Waals surface area contributed by atoms with E-state index < -0.39 is 0 Å². The molecule has 0 bridgehead atoms. The minimum absolute atomic E-state index is 0.359. The van der Waals surface area contributed by atoms with E-state index in [1.165, 1.54) is 25.7 Å². The summed E-state index contributed by atoms with van der Waals surface area (Å²) in [6.07, 6.45) is 8.25. The lowest BCUT2D eigenvalue weighted by Gasteiger charge is -2.21. The van der Waals surface area contributed by atoms with Crippen LogP contribution in [0.5, 0.6) is 0 Å². The highest BCUT2D eigenvalue weighted by atomic mass is 16.1. The quantitative estimate of drug-likeness (QED) is 0.669. The molecule has 0 radical (unpaired) electrons. The van der Waals surface area contributed by atoms with Crippen molar-refractivity contribution in [3.8, 4) is 0 Å². The second kappa shape index (κ2) is 4.23. The number of carbonyl (C=O) groups excluding carboxylic acids is 1. The smallest absolute Gasteiger partial charge is 0.137 e. The van der Waals surface area contributed by atoms with Crippen LogP contribution in [0.25, 0.3) is 0 Å². The molecule has 2 fully saturated rings. The van der Waals surface area contributed by atoms with Gasteiger partial charge in [-0.2, -0.15) is 0 Å². The Morgan fingerprint density at radius 3 is 2.77 bits per heavy atom. The van der Waals surface area contributed by atoms with Gasteiger partial charge in [0, 0.05) is 18.4 Å². The minimum Gasteiger partial charge on any atom is -0.313 e. The maximum Gasteiger partial charge on any atom is 0.137 e. The first-order valence-electron chi connectivity index (χ1n) is 5.64. The number of ketones is 1. The predicted octanol–water partition coefficient (Wildman–Crippen LogP) is 1.89. The summed E-state index contributed by atoms with van der Waals surface area (Å²) in [5, 5.41) is 3.53. The average Bonchev–Trinajstić information content (AvgIpc) is 2.43. The van der Waals surface area contributed by atoms with Crippen molar-refractivity contribution in [3.05, 3.63) is 0 Å². The van der Waals surface area contributed by atoms with Crippen LogP contribution in [-0.2, 0) is 4.79 Å². The molecule has 0 aromatic rings. The van der Waals surface area contributed by atoms with Crippen LogP contribution in [0, 0.1) is 5.92 Å². The van der Waals surface area contributed by atoms with E-state index in [0.717, 1.165) is 25.8 Å². The Balaban J connectivity index is 1.93. The van der Waals surface area contributed by atoms with Crippen LogP contribution in [0.4, 0.5) is 0 Å². The highest BCUT2D eigenvalue weighted by Gasteiger charge is 2.31. The van der Waals surface area contributed by atoms with Crippen molar-refractivity contribution in [1.82, 2.24) is 5.32 Å². The molecule has 0 amide bonds. The van der Waals surface area contributed by atoms with Crippen LogP contribution >= 0.6 is 0 Å². The van der Waals surface area contributed by atoms with E-state index in [1.807, 2.05) is 0 Å². The third kappa shape index (κ3) is 2.11. The highest BCUT2D eigenvalue weighted by molar-refractivity contribution is 5.83. The third-order valence-electron chi connectivity index (χ3n) is 3.44. The molecule has 1 aliphatic heterocycles. The molecule has 0 aromatic carbocycles. The van der Waals surface area contributed by atoms with Gasteiger partial charge in [-0.05, 0) is 32.2 Å². The van der Waals surface area contributed by atoms with Gasteiger partial charge in [0.2, 0.25) is 0 Å². The zero-order valence-electron chi connectivity index (χ0n) is 8.22. The predicted molar refractivity (Wildman–Crippen MR) is 52.6 cm³/mol. The molecule has 74 valence electrons. The highest BCUT2D eigenvalue weighted by Crippen LogP contribution is 2.27. The molecule has 1 saturated carbocycles. The van der Waals surface area contributed by atoms with Crippen molar-refractivity contribution in [2.24, 2.45) is 5.92 Å². The summed E-state index contributed by atoms with van der Waals surface area (Å²) in [4.78, 5) is 11.5. The van der Waals surface area contributed by atoms with Gasteiger partial charge in [-0.25, -0.2) is 0 Å². The maximum absolute atomic E-state index is 11.5. The lowest BCUT2D eigenvalue weighted by molar-refractivity contribution is -0.121. The number of Topliss-reactive ketones (excluding diaryl/α,β-unsaturated/α-hetero) is 1. The summed E-state index contributed by atoms with van der Waals surface area (Å²) in [6.45, 7) is 1.12. The van der Waals surface area contributed by atoms with Crippen molar-refractivity contribution in [3.63, 3.8) is 0 Å². The van der Waals surface area contributed by atoms with Crippen LogP contribution < -0.4 is 5.32 Å². The van der Waals surface area contributed by atoms with Crippen LogP contribution in [0.1, 0.15) is 44.9 Å². The molecule has 2 heteroatoms. The first-order chi connectivity index (χ1) is 6.38. The summed E-state index contributed by atoms with van der Waals surface area (Å²) in [6, 6.07) is 0.512. The Hall–Kier alpha value is -0.370. The number of nitrogens with one attached hydrogen (secondary N) is 1. The van der Waals surface area contributed by atoms with Gasteiger partial charge >= 0.3 is 0 Å². The molecule has 2 nitrogen and oxygen atoms in total. The van der Waals surface area contributed by atoms with Crippen molar-refractivity contribution in [2.75, 3.05) is 6.54 Å². The second-order valence-corrected chi connectivity index (χ2v) is 4.37. The van der Waals surface area contributed by atoms with E-state index >= 15 is 0 Å². The molecule has 1 heterocycles. The zero-order valence-corrected chi connectivity index (χ0v) is 8.22. The van der Waals surface area contributed by atoms with Crippen molar-refractivity contribution in [2.45, 2.75) is 51.0 Å². The van der Waals surface area contributed by atoms with Gasteiger partial charge in [-0.1, -0.05) is 12.8 Å². The Morgan fingerprint density at radius 2 is 2.00 bits per heavy atom. The molecule has 2 aliphatic rings. The summed E-state index contributed by atoms with van der Waals surface area (Å²) in [5.74, 6) is 0.873. The molecule has 0 unspecified atom stereocenters. The van der Waals surface area contributed by atoms with Gasteiger partial charge in [0.05, 0.1) is 0 Å². The third-order valence-corrected chi connectivity index (χ3v) is 3.44. The minimum atomic E-state index is 0.359. The van der Waals surface area contributed by atoms with Crippen molar-refractivity contribution < 1.29 is 4.79 Å². The van der Waals surface area contributed by atoms with Crippen LogP contribution in [0.15, 0.2) is 0 Å². The second-order valence-electron chi connectivity index (χ2n) is 4.37. The van der Waals surface area contributed by atoms with Crippen LogP contribution in [0.2, 0.25) is 0 Å². The molecule has 13 heavy (non-hydrogen) atoms. The lowest BCUT2D eigenvalue weighted by atomic mass is 9.94. The fourth-order valence-corrected chi connectivity index (χ4v) is 2.67. The molecule has 1 N–H and O–H groups in total. The van der Waals surface area contributed by atoms with E-state index in [4.69, 9.17) is 0 Å². The Bertz CT molecular complexity index is 183. The first-order valence-corrected chi connectivity index (χ1v) is 5.64. The van der Waals surface area contributed by atoms with Gasteiger partial charge in [-0.3, -0.25) is 4.79 Å². The fraction of sp³-hybridized carbons (Fsp3) is 0.909. The Labute approximate surface area is 80.1 Å².